The molecule has 0 N–H and O–H groups in total. The number of hydrogen-bond acceptors (Lipinski definition) is 3. The molecular weight excluding hydrogens is 196 g/mol. The highest BCUT2D eigenvalue weighted by Gasteiger charge is 2.32. The van der Waals surface area contributed by atoms with E-state index in [4.69, 9.17) is 9.47 Å². The van der Waals surface area contributed by atoms with Crippen LogP contribution < -0.4 is 0 Å². The third-order valence-electron chi connectivity index (χ3n) is 3.35. The van der Waals surface area contributed by atoms with Crippen molar-refractivity contribution < 1.29 is 9.47 Å². The topological polar surface area (TPSA) is 18.5 Å². The molecular formula is C11H20O2S. The molecule has 1 saturated heterocycles. The highest BCUT2D eigenvalue weighted by atomic mass is 32.1. The normalized spacial score (nSPS) is 26.4. The van der Waals surface area contributed by atoms with Crippen LogP contribution in [0, 0.1) is 11.3 Å². The van der Waals surface area contributed by atoms with Gasteiger partial charge in [-0.3, -0.25) is 0 Å². The molecule has 2 aliphatic rings. The van der Waals surface area contributed by atoms with Crippen molar-refractivity contribution in [1.29, 1.82) is 0 Å². The summed E-state index contributed by atoms with van der Waals surface area (Å²) in [5, 5.41) is 0. The van der Waals surface area contributed by atoms with Gasteiger partial charge in [-0.05, 0) is 37.4 Å². The zero-order valence-electron chi connectivity index (χ0n) is 8.71. The lowest BCUT2D eigenvalue weighted by molar-refractivity contribution is -0.0291. The van der Waals surface area contributed by atoms with E-state index in [0.29, 0.717) is 5.41 Å². The summed E-state index contributed by atoms with van der Waals surface area (Å²) in [6.07, 6.45) is 4.97. The summed E-state index contributed by atoms with van der Waals surface area (Å²) in [5.41, 5.74) is 0.302. The predicted molar refractivity (Wildman–Crippen MR) is 59.9 cm³/mol. The Balaban J connectivity index is 1.71. The summed E-state index contributed by atoms with van der Waals surface area (Å²) in [6.45, 7) is 3.62. The van der Waals surface area contributed by atoms with Gasteiger partial charge in [0, 0.05) is 25.2 Å². The quantitative estimate of drug-likeness (QED) is 0.710. The number of rotatable bonds is 5. The minimum atomic E-state index is 0.302. The number of hydrogen-bond donors (Lipinski definition) is 1. The fraction of sp³-hybridized carbons (Fsp3) is 1.00. The Hall–Kier alpha value is 0.270. The van der Waals surface area contributed by atoms with Crippen LogP contribution in [0.25, 0.3) is 0 Å². The lowest BCUT2D eigenvalue weighted by Gasteiger charge is -2.35. The van der Waals surface area contributed by atoms with Gasteiger partial charge in [0.2, 0.25) is 0 Å². The van der Waals surface area contributed by atoms with Crippen LogP contribution in [0.2, 0.25) is 0 Å². The van der Waals surface area contributed by atoms with Crippen molar-refractivity contribution in [3.8, 4) is 0 Å². The van der Waals surface area contributed by atoms with Crippen LogP contribution in [0.3, 0.4) is 0 Å². The van der Waals surface area contributed by atoms with E-state index in [0.717, 1.165) is 50.9 Å². The van der Waals surface area contributed by atoms with Gasteiger partial charge in [0.25, 0.3) is 0 Å². The number of thiol groups is 1. The Morgan fingerprint density at radius 3 is 2.57 bits per heavy atom. The molecule has 2 fully saturated rings. The Labute approximate surface area is 91.8 Å². The fourth-order valence-electron chi connectivity index (χ4n) is 1.88. The summed E-state index contributed by atoms with van der Waals surface area (Å²) in [4.78, 5) is 0. The smallest absolute Gasteiger partial charge is 0.0532 e. The van der Waals surface area contributed by atoms with Gasteiger partial charge in [-0.1, -0.05) is 0 Å². The molecule has 0 atom stereocenters. The average molecular weight is 216 g/mol. The average Bonchev–Trinajstić information content (AvgIpc) is 3.03. The van der Waals surface area contributed by atoms with Crippen LogP contribution in [0.5, 0.6) is 0 Å². The van der Waals surface area contributed by atoms with E-state index in [9.17, 15) is 0 Å². The van der Waals surface area contributed by atoms with Crippen molar-refractivity contribution in [2.24, 2.45) is 11.3 Å². The van der Waals surface area contributed by atoms with Crippen molar-refractivity contribution in [2.75, 3.05) is 32.2 Å². The van der Waals surface area contributed by atoms with Crippen molar-refractivity contribution in [3.63, 3.8) is 0 Å². The Morgan fingerprint density at radius 1 is 1.29 bits per heavy atom. The van der Waals surface area contributed by atoms with Crippen molar-refractivity contribution in [3.05, 3.63) is 0 Å². The molecule has 2 nitrogen and oxygen atoms in total. The van der Waals surface area contributed by atoms with Crippen molar-refractivity contribution in [2.45, 2.75) is 25.7 Å². The van der Waals surface area contributed by atoms with Crippen LogP contribution in [0.4, 0.5) is 0 Å². The van der Waals surface area contributed by atoms with E-state index >= 15 is 0 Å². The van der Waals surface area contributed by atoms with Gasteiger partial charge in [-0.15, -0.1) is 0 Å². The molecule has 0 aromatic carbocycles. The summed E-state index contributed by atoms with van der Waals surface area (Å²) in [6, 6.07) is 0. The van der Waals surface area contributed by atoms with Gasteiger partial charge in [-0.25, -0.2) is 0 Å². The molecule has 0 unspecified atom stereocenters. The molecule has 2 rings (SSSR count). The summed E-state index contributed by atoms with van der Waals surface area (Å²) >= 11 is 4.45. The second kappa shape index (κ2) is 4.86. The predicted octanol–water partition coefficient (Wildman–Crippen LogP) is 2.14. The molecule has 14 heavy (non-hydrogen) atoms. The van der Waals surface area contributed by atoms with Crippen LogP contribution in [0.15, 0.2) is 0 Å². The zero-order chi connectivity index (χ0) is 9.86. The first-order valence-corrected chi connectivity index (χ1v) is 6.24. The van der Waals surface area contributed by atoms with Crippen LogP contribution in [-0.4, -0.2) is 32.2 Å². The maximum Gasteiger partial charge on any atom is 0.0532 e. The van der Waals surface area contributed by atoms with Crippen molar-refractivity contribution >= 4 is 12.6 Å². The van der Waals surface area contributed by atoms with Gasteiger partial charge in [-0.2, -0.15) is 12.6 Å². The Morgan fingerprint density at radius 2 is 2.00 bits per heavy atom. The SMILES string of the molecule is SCC1(COCC2CC2)CCOCC1. The lowest BCUT2D eigenvalue weighted by atomic mass is 9.83. The monoisotopic (exact) mass is 216 g/mol. The summed E-state index contributed by atoms with van der Waals surface area (Å²) in [7, 11) is 0. The first kappa shape index (κ1) is 10.8. The maximum atomic E-state index is 5.79. The molecule has 1 aliphatic carbocycles. The maximum absolute atomic E-state index is 5.79. The van der Waals surface area contributed by atoms with Gasteiger partial charge in [0.15, 0.2) is 0 Å². The molecule has 1 heterocycles. The fourth-order valence-corrected chi connectivity index (χ4v) is 2.29. The van der Waals surface area contributed by atoms with Crippen LogP contribution in [0.1, 0.15) is 25.7 Å². The third kappa shape index (κ3) is 2.88. The van der Waals surface area contributed by atoms with Gasteiger partial charge < -0.3 is 9.47 Å². The molecule has 0 amide bonds. The first-order chi connectivity index (χ1) is 6.85. The van der Waals surface area contributed by atoms with E-state index in [1.54, 1.807) is 0 Å². The van der Waals surface area contributed by atoms with Crippen LogP contribution in [-0.2, 0) is 9.47 Å². The minimum Gasteiger partial charge on any atom is -0.381 e. The standard InChI is InChI=1S/C11H20O2S/c14-9-11(3-5-12-6-4-11)8-13-7-10-1-2-10/h10,14H,1-9H2. The first-order valence-electron chi connectivity index (χ1n) is 5.61. The number of ether oxygens (including phenoxy) is 2. The van der Waals surface area contributed by atoms with Crippen LogP contribution >= 0.6 is 12.6 Å². The molecule has 0 spiro atoms. The Kier molecular flexibility index (Phi) is 3.74. The lowest BCUT2D eigenvalue weighted by Crippen LogP contribution is -2.36. The second-order valence-electron chi connectivity index (χ2n) is 4.73. The van der Waals surface area contributed by atoms with Gasteiger partial charge in [0.1, 0.15) is 0 Å². The van der Waals surface area contributed by atoms with Gasteiger partial charge >= 0.3 is 0 Å². The van der Waals surface area contributed by atoms with E-state index < -0.39 is 0 Å². The van der Waals surface area contributed by atoms with Gasteiger partial charge in [0.05, 0.1) is 6.61 Å². The molecule has 0 aromatic rings. The van der Waals surface area contributed by atoms with E-state index in [-0.39, 0.29) is 0 Å². The molecule has 1 saturated carbocycles. The summed E-state index contributed by atoms with van der Waals surface area (Å²) in [5.74, 6) is 1.80. The zero-order valence-corrected chi connectivity index (χ0v) is 9.60. The molecule has 82 valence electrons. The largest absolute Gasteiger partial charge is 0.381 e. The summed E-state index contributed by atoms with van der Waals surface area (Å²) < 4.78 is 11.2. The third-order valence-corrected chi connectivity index (χ3v) is 4.02. The van der Waals surface area contributed by atoms with E-state index in [1.807, 2.05) is 0 Å². The molecule has 0 aromatic heterocycles. The minimum absolute atomic E-state index is 0.302. The Bertz CT molecular complexity index is 174. The van der Waals surface area contributed by atoms with E-state index in [2.05, 4.69) is 12.6 Å². The second-order valence-corrected chi connectivity index (χ2v) is 5.05. The highest BCUT2D eigenvalue weighted by molar-refractivity contribution is 7.80. The molecule has 3 heteroatoms. The molecule has 1 aliphatic heterocycles. The highest BCUT2D eigenvalue weighted by Crippen LogP contribution is 2.34. The molecule has 0 bridgehead atoms. The van der Waals surface area contributed by atoms with Crippen molar-refractivity contribution in [1.82, 2.24) is 0 Å². The van der Waals surface area contributed by atoms with E-state index in [1.165, 1.54) is 12.8 Å². The molecule has 0 radical (unpaired) electrons.